The van der Waals surface area contributed by atoms with Gasteiger partial charge in [0.25, 0.3) is 5.91 Å². The van der Waals surface area contributed by atoms with Crippen LogP contribution >= 0.6 is 0 Å². The number of hydrogen-bond acceptors (Lipinski definition) is 10. The van der Waals surface area contributed by atoms with Gasteiger partial charge in [0.05, 0.1) is 42.4 Å². The fourth-order valence-corrected chi connectivity index (χ4v) is 6.86. The van der Waals surface area contributed by atoms with Crippen LogP contribution in [0.25, 0.3) is 0 Å². The number of fused-ring (bicyclic) bond motifs is 1. The SMILES string of the molecule is COc1ccc(S(=O)(=O)N(C)C[C@H]2OCCCC[C@H](C)Oc3ccc(NC(=O)Nc4c(C)noc4C)cc3C(=O)N([C@@H](C)CO)C[C@@H]2C)cc1. The zero-order chi connectivity index (χ0) is 36.6. The second-order valence-corrected chi connectivity index (χ2v) is 14.8. The van der Waals surface area contributed by atoms with Gasteiger partial charge in [-0.2, -0.15) is 4.31 Å². The van der Waals surface area contributed by atoms with E-state index in [1.165, 1.54) is 35.5 Å². The van der Waals surface area contributed by atoms with Crippen molar-refractivity contribution >= 4 is 33.3 Å². The van der Waals surface area contributed by atoms with Gasteiger partial charge in [0.15, 0.2) is 5.76 Å². The molecular formula is C35H49N5O9S. The van der Waals surface area contributed by atoms with Crippen molar-refractivity contribution in [2.75, 3.05) is 51.1 Å². The Balaban J connectivity index is 1.62. The van der Waals surface area contributed by atoms with Gasteiger partial charge in [-0.25, -0.2) is 13.2 Å². The van der Waals surface area contributed by atoms with Gasteiger partial charge in [-0.1, -0.05) is 12.1 Å². The molecule has 4 atom stereocenters. The number of aliphatic hydroxyl groups excluding tert-OH is 1. The predicted octanol–water partition coefficient (Wildman–Crippen LogP) is 5.06. The minimum atomic E-state index is -3.86. The molecule has 15 heteroatoms. The number of nitrogens with one attached hydrogen (secondary N) is 2. The van der Waals surface area contributed by atoms with Gasteiger partial charge in [-0.3, -0.25) is 4.79 Å². The quantitative estimate of drug-likeness (QED) is 0.272. The smallest absolute Gasteiger partial charge is 0.323 e. The number of urea groups is 1. The predicted molar refractivity (Wildman–Crippen MR) is 188 cm³/mol. The van der Waals surface area contributed by atoms with Crippen LogP contribution in [0.3, 0.4) is 0 Å². The zero-order valence-corrected chi connectivity index (χ0v) is 30.6. The van der Waals surface area contributed by atoms with Crippen LogP contribution in [0.1, 0.15) is 61.8 Å². The summed E-state index contributed by atoms with van der Waals surface area (Å²) in [5.41, 5.74) is 1.52. The molecule has 0 saturated carbocycles. The van der Waals surface area contributed by atoms with Crippen LogP contribution in [-0.4, -0.2) is 98.5 Å². The molecule has 3 amide bonds. The van der Waals surface area contributed by atoms with Crippen LogP contribution in [0, 0.1) is 19.8 Å². The van der Waals surface area contributed by atoms with Gasteiger partial charge in [-0.05, 0) is 89.4 Å². The van der Waals surface area contributed by atoms with Crippen molar-refractivity contribution in [2.45, 2.75) is 77.0 Å². The van der Waals surface area contributed by atoms with Crippen molar-refractivity contribution in [3.05, 3.63) is 59.5 Å². The molecule has 14 nitrogen and oxygen atoms in total. The lowest BCUT2D eigenvalue weighted by atomic mass is 10.0. The highest BCUT2D eigenvalue weighted by Gasteiger charge is 2.32. The molecule has 2 aromatic carbocycles. The van der Waals surface area contributed by atoms with Crippen molar-refractivity contribution in [3.63, 3.8) is 0 Å². The van der Waals surface area contributed by atoms with Gasteiger partial charge < -0.3 is 39.4 Å². The number of anilines is 2. The lowest BCUT2D eigenvalue weighted by molar-refractivity contribution is -0.00834. The molecule has 0 bridgehead atoms. The van der Waals surface area contributed by atoms with E-state index in [1.54, 1.807) is 51.1 Å². The minimum Gasteiger partial charge on any atom is -0.497 e. The molecular weight excluding hydrogens is 666 g/mol. The van der Waals surface area contributed by atoms with E-state index in [0.717, 1.165) is 12.8 Å². The van der Waals surface area contributed by atoms with E-state index < -0.39 is 34.1 Å². The van der Waals surface area contributed by atoms with E-state index in [4.69, 9.17) is 18.7 Å². The number of ether oxygens (including phenoxy) is 3. The number of carbonyl (C=O) groups is 2. The maximum absolute atomic E-state index is 14.4. The van der Waals surface area contributed by atoms with Crippen molar-refractivity contribution in [2.24, 2.45) is 5.92 Å². The summed E-state index contributed by atoms with van der Waals surface area (Å²) in [5.74, 6) is 0.563. The maximum Gasteiger partial charge on any atom is 0.323 e. The Labute approximate surface area is 294 Å². The summed E-state index contributed by atoms with van der Waals surface area (Å²) in [6, 6.07) is 9.87. The normalized spacial score (nSPS) is 20.0. The first-order valence-corrected chi connectivity index (χ1v) is 18.1. The van der Waals surface area contributed by atoms with E-state index in [2.05, 4.69) is 15.8 Å². The Morgan fingerprint density at radius 2 is 1.86 bits per heavy atom. The van der Waals surface area contributed by atoms with Crippen LogP contribution in [0.4, 0.5) is 16.2 Å². The largest absolute Gasteiger partial charge is 0.497 e. The molecule has 0 unspecified atom stereocenters. The lowest BCUT2D eigenvalue weighted by Crippen LogP contribution is -2.48. The number of aromatic nitrogens is 1. The van der Waals surface area contributed by atoms with Crippen LogP contribution in [0.2, 0.25) is 0 Å². The zero-order valence-electron chi connectivity index (χ0n) is 29.8. The number of amides is 3. The third-order valence-corrected chi connectivity index (χ3v) is 10.6. The van der Waals surface area contributed by atoms with E-state index in [9.17, 15) is 23.1 Å². The lowest BCUT2D eigenvalue weighted by Gasteiger charge is -2.35. The summed E-state index contributed by atoms with van der Waals surface area (Å²) >= 11 is 0. The average molecular weight is 716 g/mol. The first-order chi connectivity index (χ1) is 23.7. The number of carbonyl (C=O) groups excluding carboxylic acids is 2. The monoisotopic (exact) mass is 715 g/mol. The highest BCUT2D eigenvalue weighted by atomic mass is 32.2. The minimum absolute atomic E-state index is 0.0372. The molecule has 1 aromatic heterocycles. The number of rotatable bonds is 9. The van der Waals surface area contributed by atoms with E-state index in [0.29, 0.717) is 47.4 Å². The molecule has 0 spiro atoms. The van der Waals surface area contributed by atoms with Gasteiger partial charge >= 0.3 is 6.03 Å². The van der Waals surface area contributed by atoms with E-state index in [-0.39, 0.29) is 42.2 Å². The number of methoxy groups -OCH3 is 1. The molecule has 0 saturated heterocycles. The van der Waals surface area contributed by atoms with Crippen molar-refractivity contribution in [1.82, 2.24) is 14.4 Å². The van der Waals surface area contributed by atoms with Gasteiger partial charge in [0.2, 0.25) is 10.0 Å². The average Bonchev–Trinajstić information content (AvgIpc) is 3.41. The third kappa shape index (κ3) is 9.53. The summed E-state index contributed by atoms with van der Waals surface area (Å²) < 4.78 is 51.2. The van der Waals surface area contributed by atoms with Crippen molar-refractivity contribution in [3.8, 4) is 11.5 Å². The second-order valence-electron chi connectivity index (χ2n) is 12.8. The maximum atomic E-state index is 14.4. The number of nitrogens with zero attached hydrogens (tertiary/aromatic N) is 3. The molecule has 50 heavy (non-hydrogen) atoms. The molecule has 0 radical (unpaired) electrons. The molecule has 1 aliphatic rings. The molecule has 3 N–H and O–H groups in total. The molecule has 0 aliphatic carbocycles. The number of sulfonamides is 1. The Kier molecular flexibility index (Phi) is 13.3. The Morgan fingerprint density at radius 3 is 2.50 bits per heavy atom. The first kappa shape index (κ1) is 38.6. The fourth-order valence-electron chi connectivity index (χ4n) is 5.68. The summed E-state index contributed by atoms with van der Waals surface area (Å²) in [7, 11) is -0.847. The number of hydrogen-bond donors (Lipinski definition) is 3. The summed E-state index contributed by atoms with van der Waals surface area (Å²) in [4.78, 5) is 29.0. The standard InChI is InChI=1S/C35H49N5O9S/c1-22-19-40(23(2)21-41)34(42)30-18-27(36-35(43)37-33-25(4)38-49-26(33)5)11-16-31(30)48-24(3)10-8-9-17-47-32(22)20-39(6)50(44,45)29-14-12-28(46-7)13-15-29/h11-16,18,22-24,32,41H,8-10,17,19-21H2,1-7H3,(H2,36,37,43)/t22-,23-,24-,32+/m0/s1. The van der Waals surface area contributed by atoms with Crippen LogP contribution in [0.15, 0.2) is 51.9 Å². The van der Waals surface area contributed by atoms with E-state index >= 15 is 0 Å². The number of aryl methyl sites for hydroxylation is 2. The third-order valence-electron chi connectivity index (χ3n) is 8.79. The van der Waals surface area contributed by atoms with Gasteiger partial charge in [-0.15, -0.1) is 0 Å². The molecule has 2 heterocycles. The van der Waals surface area contributed by atoms with Gasteiger partial charge in [0, 0.05) is 38.3 Å². The molecule has 1 aliphatic heterocycles. The molecule has 4 rings (SSSR count). The van der Waals surface area contributed by atoms with Crippen LogP contribution in [-0.2, 0) is 14.8 Å². The van der Waals surface area contributed by atoms with Crippen molar-refractivity contribution < 1.29 is 41.8 Å². The first-order valence-electron chi connectivity index (χ1n) is 16.7. The number of likely N-dealkylation sites (N-methyl/N-ethyl adjacent to an activating group) is 1. The molecule has 274 valence electrons. The molecule has 3 aromatic rings. The highest BCUT2D eigenvalue weighted by molar-refractivity contribution is 7.89. The Hall–Kier alpha value is -4.18. The Morgan fingerprint density at radius 1 is 1.14 bits per heavy atom. The number of benzene rings is 2. The van der Waals surface area contributed by atoms with Crippen LogP contribution < -0.4 is 20.1 Å². The summed E-state index contributed by atoms with van der Waals surface area (Å²) in [5, 5.41) is 19.6. The van der Waals surface area contributed by atoms with Crippen molar-refractivity contribution in [1.29, 1.82) is 0 Å². The number of aliphatic hydroxyl groups is 1. The molecule has 0 fully saturated rings. The second kappa shape index (κ2) is 17.2. The van der Waals surface area contributed by atoms with Gasteiger partial charge in [0.1, 0.15) is 22.9 Å². The topological polar surface area (TPSA) is 173 Å². The van der Waals surface area contributed by atoms with E-state index in [1.807, 2.05) is 13.8 Å². The fraction of sp³-hybridized carbons (Fsp3) is 0.514. The highest BCUT2D eigenvalue weighted by Crippen LogP contribution is 2.29. The summed E-state index contributed by atoms with van der Waals surface area (Å²) in [6.07, 6.45) is 1.36. The van der Waals surface area contributed by atoms with Crippen LogP contribution in [0.5, 0.6) is 11.5 Å². The Bertz CT molecular complexity index is 1690. The summed E-state index contributed by atoms with van der Waals surface area (Å²) in [6.45, 7) is 9.18.